The van der Waals surface area contributed by atoms with Gasteiger partial charge in [0.25, 0.3) is 0 Å². The van der Waals surface area contributed by atoms with Crippen LogP contribution < -0.4 is 14.8 Å². The fourth-order valence-electron chi connectivity index (χ4n) is 2.92. The number of aromatic nitrogens is 1. The van der Waals surface area contributed by atoms with E-state index in [4.69, 9.17) is 25.5 Å². The van der Waals surface area contributed by atoms with Crippen molar-refractivity contribution in [2.45, 2.75) is 25.8 Å². The number of benzene rings is 2. The molecule has 0 saturated carbocycles. The highest BCUT2D eigenvalue weighted by atomic mass is 35.5. The maximum absolute atomic E-state index is 12.3. The van der Waals surface area contributed by atoms with Crippen LogP contribution >= 0.6 is 11.6 Å². The molecular formula is C22H23ClN2O4. The van der Waals surface area contributed by atoms with Gasteiger partial charge in [0.2, 0.25) is 5.91 Å². The number of hydrogen-bond donors (Lipinski definition) is 1. The van der Waals surface area contributed by atoms with E-state index in [9.17, 15) is 4.79 Å². The average Bonchev–Trinajstić information content (AvgIpc) is 3.21. The van der Waals surface area contributed by atoms with Crippen molar-refractivity contribution in [2.24, 2.45) is 0 Å². The Labute approximate surface area is 174 Å². The van der Waals surface area contributed by atoms with E-state index in [2.05, 4.69) is 10.3 Å². The van der Waals surface area contributed by atoms with Gasteiger partial charge in [-0.2, -0.15) is 0 Å². The summed E-state index contributed by atoms with van der Waals surface area (Å²) in [5.41, 5.74) is 1.76. The summed E-state index contributed by atoms with van der Waals surface area (Å²) in [5.74, 6) is 2.31. The van der Waals surface area contributed by atoms with Crippen LogP contribution in [0.3, 0.4) is 0 Å². The van der Waals surface area contributed by atoms with E-state index >= 15 is 0 Å². The van der Waals surface area contributed by atoms with E-state index < -0.39 is 0 Å². The summed E-state index contributed by atoms with van der Waals surface area (Å²) in [6, 6.07) is 12.8. The van der Waals surface area contributed by atoms with Crippen molar-refractivity contribution in [3.05, 3.63) is 65.1 Å². The Hall–Kier alpha value is -2.99. The van der Waals surface area contributed by atoms with Crippen LogP contribution in [-0.4, -0.2) is 25.1 Å². The number of hydrogen-bond acceptors (Lipinski definition) is 5. The molecule has 3 aromatic rings. The van der Waals surface area contributed by atoms with Gasteiger partial charge in [-0.3, -0.25) is 4.79 Å². The van der Waals surface area contributed by atoms with Crippen LogP contribution in [-0.2, 0) is 11.2 Å². The summed E-state index contributed by atoms with van der Waals surface area (Å²) in [4.78, 5) is 16.6. The molecule has 29 heavy (non-hydrogen) atoms. The molecular weight excluding hydrogens is 392 g/mol. The predicted octanol–water partition coefficient (Wildman–Crippen LogP) is 4.82. The van der Waals surface area contributed by atoms with Gasteiger partial charge in [-0.15, -0.1) is 0 Å². The Morgan fingerprint density at radius 1 is 1.17 bits per heavy atom. The molecule has 0 aliphatic rings. The van der Waals surface area contributed by atoms with Crippen LogP contribution in [0, 0.1) is 0 Å². The molecule has 0 radical (unpaired) electrons. The third-order valence-corrected chi connectivity index (χ3v) is 4.79. The van der Waals surface area contributed by atoms with Crippen LogP contribution in [0.4, 0.5) is 0 Å². The van der Waals surface area contributed by atoms with E-state index in [1.807, 2.05) is 31.2 Å². The van der Waals surface area contributed by atoms with E-state index in [1.54, 1.807) is 38.6 Å². The highest BCUT2D eigenvalue weighted by Gasteiger charge is 2.15. The summed E-state index contributed by atoms with van der Waals surface area (Å²) in [6.45, 7) is 1.93. The van der Waals surface area contributed by atoms with Gasteiger partial charge in [-0.05, 0) is 36.8 Å². The molecule has 0 saturated heterocycles. The standard InChI is InChI=1S/C22H23ClN2O4/c1-14(15-4-6-16(23)7-5-15)25-21(26)10-11-22-24-13-20(29-22)18-9-8-17(27-2)12-19(18)28-3/h4-9,12-14H,10-11H2,1-3H3,(H,25,26)/t14-/m0/s1. The Kier molecular flexibility index (Phi) is 6.77. The normalized spacial score (nSPS) is 11.7. The van der Waals surface area contributed by atoms with E-state index in [1.165, 1.54) is 0 Å². The van der Waals surface area contributed by atoms with Crippen LogP contribution in [0.15, 0.2) is 53.1 Å². The Balaban J connectivity index is 1.59. The first-order chi connectivity index (χ1) is 14.0. The largest absolute Gasteiger partial charge is 0.497 e. The molecule has 152 valence electrons. The van der Waals surface area contributed by atoms with Crippen molar-refractivity contribution < 1.29 is 18.7 Å². The van der Waals surface area contributed by atoms with Crippen LogP contribution in [0.2, 0.25) is 5.02 Å². The number of aryl methyl sites for hydroxylation is 1. The van der Waals surface area contributed by atoms with E-state index in [-0.39, 0.29) is 18.4 Å². The Bertz CT molecular complexity index is 969. The number of rotatable bonds is 8. The zero-order valence-electron chi connectivity index (χ0n) is 16.6. The lowest BCUT2D eigenvalue weighted by Crippen LogP contribution is -2.26. The molecule has 1 aromatic heterocycles. The van der Waals surface area contributed by atoms with Gasteiger partial charge >= 0.3 is 0 Å². The second-order valence-electron chi connectivity index (χ2n) is 6.53. The molecule has 6 nitrogen and oxygen atoms in total. The fourth-order valence-corrected chi connectivity index (χ4v) is 3.05. The summed E-state index contributed by atoms with van der Waals surface area (Å²) in [7, 11) is 3.18. The minimum atomic E-state index is -0.108. The smallest absolute Gasteiger partial charge is 0.220 e. The molecule has 0 spiro atoms. The van der Waals surface area contributed by atoms with Crippen LogP contribution in [0.5, 0.6) is 11.5 Å². The number of amides is 1. The first-order valence-electron chi connectivity index (χ1n) is 9.22. The number of nitrogens with one attached hydrogen (secondary N) is 1. The first kappa shape index (κ1) is 20.7. The molecule has 2 aromatic carbocycles. The molecule has 0 aliphatic carbocycles. The highest BCUT2D eigenvalue weighted by molar-refractivity contribution is 6.30. The minimum Gasteiger partial charge on any atom is -0.497 e. The maximum Gasteiger partial charge on any atom is 0.220 e. The molecule has 0 aliphatic heterocycles. The molecule has 0 bridgehead atoms. The van der Waals surface area contributed by atoms with Gasteiger partial charge in [0.05, 0.1) is 32.0 Å². The molecule has 1 atom stereocenters. The molecule has 0 fully saturated rings. The summed E-state index contributed by atoms with van der Waals surface area (Å²) >= 11 is 5.90. The van der Waals surface area contributed by atoms with Gasteiger partial charge in [0, 0.05) is 23.9 Å². The maximum atomic E-state index is 12.3. The van der Waals surface area contributed by atoms with Crippen molar-refractivity contribution in [3.8, 4) is 22.8 Å². The number of methoxy groups -OCH3 is 2. The van der Waals surface area contributed by atoms with Crippen molar-refractivity contribution >= 4 is 17.5 Å². The van der Waals surface area contributed by atoms with Crippen molar-refractivity contribution in [1.29, 1.82) is 0 Å². The van der Waals surface area contributed by atoms with Gasteiger partial charge in [-0.1, -0.05) is 23.7 Å². The first-order valence-corrected chi connectivity index (χ1v) is 9.60. The summed E-state index contributed by atoms with van der Waals surface area (Å²) < 4.78 is 16.4. The number of ether oxygens (including phenoxy) is 2. The van der Waals surface area contributed by atoms with Crippen molar-refractivity contribution in [2.75, 3.05) is 14.2 Å². The Morgan fingerprint density at radius 2 is 1.93 bits per heavy atom. The average molecular weight is 415 g/mol. The topological polar surface area (TPSA) is 73.6 Å². The van der Waals surface area contributed by atoms with Crippen molar-refractivity contribution in [1.82, 2.24) is 10.3 Å². The number of halogens is 1. The van der Waals surface area contributed by atoms with Gasteiger partial charge in [0.1, 0.15) is 11.5 Å². The SMILES string of the molecule is COc1ccc(-c2cnc(CCC(=O)N[C@@H](C)c3ccc(Cl)cc3)o2)c(OC)c1. The van der Waals surface area contributed by atoms with Crippen LogP contribution in [0.1, 0.15) is 30.8 Å². The molecule has 1 N–H and O–H groups in total. The second kappa shape index (κ2) is 9.47. The predicted molar refractivity (Wildman–Crippen MR) is 111 cm³/mol. The third-order valence-electron chi connectivity index (χ3n) is 4.54. The molecule has 1 heterocycles. The summed E-state index contributed by atoms with van der Waals surface area (Å²) in [5, 5.41) is 3.64. The zero-order valence-corrected chi connectivity index (χ0v) is 17.3. The number of nitrogens with zero attached hydrogens (tertiary/aromatic N) is 1. The lowest BCUT2D eigenvalue weighted by molar-refractivity contribution is -0.121. The molecule has 7 heteroatoms. The molecule has 1 amide bonds. The van der Waals surface area contributed by atoms with Gasteiger partial charge in [0.15, 0.2) is 11.7 Å². The quantitative estimate of drug-likeness (QED) is 0.571. The van der Waals surface area contributed by atoms with E-state index in [0.717, 1.165) is 11.1 Å². The second-order valence-corrected chi connectivity index (χ2v) is 6.96. The minimum absolute atomic E-state index is 0.0748. The lowest BCUT2D eigenvalue weighted by Gasteiger charge is -2.14. The fraction of sp³-hybridized carbons (Fsp3) is 0.273. The summed E-state index contributed by atoms with van der Waals surface area (Å²) in [6.07, 6.45) is 2.31. The van der Waals surface area contributed by atoms with Gasteiger partial charge in [-0.25, -0.2) is 4.98 Å². The zero-order chi connectivity index (χ0) is 20.8. The number of carbonyl (C=O) groups is 1. The number of carbonyl (C=O) groups excluding carboxylic acids is 1. The number of oxazole rings is 1. The molecule has 0 unspecified atom stereocenters. The molecule has 3 rings (SSSR count). The van der Waals surface area contributed by atoms with Crippen LogP contribution in [0.25, 0.3) is 11.3 Å². The lowest BCUT2D eigenvalue weighted by atomic mass is 10.1. The van der Waals surface area contributed by atoms with Gasteiger partial charge < -0.3 is 19.2 Å². The van der Waals surface area contributed by atoms with Crippen molar-refractivity contribution in [3.63, 3.8) is 0 Å². The Morgan fingerprint density at radius 3 is 2.62 bits per heavy atom. The van der Waals surface area contributed by atoms with E-state index in [0.29, 0.717) is 34.6 Å². The monoisotopic (exact) mass is 414 g/mol. The third kappa shape index (κ3) is 5.29. The highest BCUT2D eigenvalue weighted by Crippen LogP contribution is 2.33.